The van der Waals surface area contributed by atoms with Crippen LogP contribution in [0.5, 0.6) is 5.75 Å². The highest BCUT2D eigenvalue weighted by atomic mass is 32.1. The van der Waals surface area contributed by atoms with E-state index in [9.17, 15) is 0 Å². The number of aryl methyl sites for hydroxylation is 2. The highest BCUT2D eigenvalue weighted by molar-refractivity contribution is 7.09. The van der Waals surface area contributed by atoms with Crippen molar-refractivity contribution in [1.82, 2.24) is 19.7 Å². The van der Waals surface area contributed by atoms with E-state index in [1.165, 1.54) is 0 Å². The molecule has 0 aliphatic carbocycles. The maximum Gasteiger partial charge on any atom is 0.148 e. The van der Waals surface area contributed by atoms with E-state index in [1.807, 2.05) is 42.8 Å². The zero-order valence-electron chi connectivity index (χ0n) is 12.2. The largest absolute Gasteiger partial charge is 0.497 e. The molecule has 5 nitrogen and oxygen atoms in total. The molecule has 0 N–H and O–H groups in total. The van der Waals surface area contributed by atoms with Crippen LogP contribution in [0.1, 0.15) is 22.4 Å². The van der Waals surface area contributed by atoms with Crippen molar-refractivity contribution in [2.24, 2.45) is 0 Å². The number of ether oxygens (including phenoxy) is 1. The van der Waals surface area contributed by atoms with Crippen LogP contribution in [0.15, 0.2) is 29.6 Å². The van der Waals surface area contributed by atoms with Gasteiger partial charge in [0.1, 0.15) is 17.4 Å². The lowest BCUT2D eigenvalue weighted by molar-refractivity contribution is 0.414. The zero-order chi connectivity index (χ0) is 14.8. The fraction of sp³-hybridized carbons (Fsp3) is 0.267. The van der Waals surface area contributed by atoms with E-state index in [4.69, 9.17) is 4.74 Å². The number of hydrogen-bond acceptors (Lipinski definition) is 5. The molecule has 3 aromatic rings. The maximum atomic E-state index is 5.18. The van der Waals surface area contributed by atoms with Gasteiger partial charge < -0.3 is 4.74 Å². The van der Waals surface area contributed by atoms with Crippen molar-refractivity contribution in [3.63, 3.8) is 0 Å². The van der Waals surface area contributed by atoms with Crippen LogP contribution in [0.3, 0.4) is 0 Å². The van der Waals surface area contributed by atoms with Crippen molar-refractivity contribution in [3.8, 4) is 11.4 Å². The fourth-order valence-electron chi connectivity index (χ4n) is 2.15. The van der Waals surface area contributed by atoms with Crippen LogP contribution >= 0.6 is 11.3 Å². The molecule has 0 fully saturated rings. The molecule has 0 bridgehead atoms. The Hall–Kier alpha value is -2.21. The third-order valence-electron chi connectivity index (χ3n) is 3.10. The smallest absolute Gasteiger partial charge is 0.148 e. The normalized spacial score (nSPS) is 10.8. The molecular weight excluding hydrogens is 284 g/mol. The van der Waals surface area contributed by atoms with Crippen LogP contribution in [0.25, 0.3) is 5.69 Å². The highest BCUT2D eigenvalue weighted by Crippen LogP contribution is 2.18. The first-order valence-corrected chi connectivity index (χ1v) is 7.51. The molecule has 0 unspecified atom stereocenters. The number of hydrogen-bond donors (Lipinski definition) is 0. The molecule has 0 aliphatic rings. The van der Waals surface area contributed by atoms with E-state index in [1.54, 1.807) is 18.4 Å². The van der Waals surface area contributed by atoms with Crippen LogP contribution in [-0.4, -0.2) is 26.9 Å². The fourth-order valence-corrected chi connectivity index (χ4v) is 2.77. The number of aromatic nitrogens is 4. The summed E-state index contributed by atoms with van der Waals surface area (Å²) in [5.41, 5.74) is 2.00. The molecule has 0 radical (unpaired) electrons. The highest BCUT2D eigenvalue weighted by Gasteiger charge is 2.11. The van der Waals surface area contributed by atoms with Gasteiger partial charge in [-0.3, -0.25) is 0 Å². The molecule has 21 heavy (non-hydrogen) atoms. The monoisotopic (exact) mass is 300 g/mol. The second kappa shape index (κ2) is 5.65. The molecule has 0 spiro atoms. The minimum absolute atomic E-state index is 0.678. The Bertz CT molecular complexity index is 745. The summed E-state index contributed by atoms with van der Waals surface area (Å²) in [5.74, 6) is 2.47. The minimum Gasteiger partial charge on any atom is -0.497 e. The first kappa shape index (κ1) is 13.8. The van der Waals surface area contributed by atoms with E-state index in [2.05, 4.69) is 20.4 Å². The van der Waals surface area contributed by atoms with E-state index in [-0.39, 0.29) is 0 Å². The van der Waals surface area contributed by atoms with Gasteiger partial charge in [-0.1, -0.05) is 0 Å². The average Bonchev–Trinajstić information content (AvgIpc) is 3.05. The summed E-state index contributed by atoms with van der Waals surface area (Å²) < 4.78 is 7.05. The predicted octanol–water partition coefficient (Wildman–Crippen LogP) is 2.94. The lowest BCUT2D eigenvalue weighted by atomic mass is 10.3. The van der Waals surface area contributed by atoms with E-state index >= 15 is 0 Å². The summed E-state index contributed by atoms with van der Waals surface area (Å²) in [6.45, 7) is 3.91. The Balaban J connectivity index is 1.94. The Labute approximate surface area is 127 Å². The summed E-state index contributed by atoms with van der Waals surface area (Å²) in [7, 11) is 1.66. The number of methoxy groups -OCH3 is 1. The van der Waals surface area contributed by atoms with Crippen molar-refractivity contribution < 1.29 is 4.74 Å². The summed E-state index contributed by atoms with van der Waals surface area (Å²) in [6, 6.07) is 7.79. The summed E-state index contributed by atoms with van der Waals surface area (Å²) >= 11 is 1.65. The molecule has 0 amide bonds. The number of rotatable bonds is 4. The maximum absolute atomic E-state index is 5.18. The van der Waals surface area contributed by atoms with Gasteiger partial charge in [-0.05, 0) is 38.1 Å². The van der Waals surface area contributed by atoms with Crippen molar-refractivity contribution in [2.45, 2.75) is 20.3 Å². The van der Waals surface area contributed by atoms with Crippen LogP contribution < -0.4 is 4.74 Å². The second-order valence-electron chi connectivity index (χ2n) is 4.72. The molecule has 1 aromatic carbocycles. The van der Waals surface area contributed by atoms with Crippen LogP contribution in [0.2, 0.25) is 0 Å². The van der Waals surface area contributed by atoms with Gasteiger partial charge >= 0.3 is 0 Å². The lowest BCUT2D eigenvalue weighted by Crippen LogP contribution is -2.04. The summed E-state index contributed by atoms with van der Waals surface area (Å²) in [5, 5.41) is 7.61. The Morgan fingerprint density at radius 3 is 2.52 bits per heavy atom. The zero-order valence-corrected chi connectivity index (χ0v) is 13.0. The van der Waals surface area contributed by atoms with Crippen LogP contribution in [-0.2, 0) is 6.42 Å². The quantitative estimate of drug-likeness (QED) is 0.743. The molecule has 3 rings (SSSR count). The van der Waals surface area contributed by atoms with Gasteiger partial charge in [0.2, 0.25) is 0 Å². The van der Waals surface area contributed by atoms with Crippen molar-refractivity contribution in [1.29, 1.82) is 0 Å². The minimum atomic E-state index is 0.678. The standard InChI is InChI=1S/C15H16N4OS/c1-10-16-15(8-12-9-21-11(2)17-12)19(18-10)13-4-6-14(20-3)7-5-13/h4-7,9H,8H2,1-3H3. The van der Waals surface area contributed by atoms with E-state index in [0.29, 0.717) is 6.42 Å². The number of benzene rings is 1. The molecule has 0 atom stereocenters. The molecule has 2 heterocycles. The van der Waals surface area contributed by atoms with E-state index in [0.717, 1.165) is 33.8 Å². The van der Waals surface area contributed by atoms with Crippen LogP contribution in [0, 0.1) is 13.8 Å². The Morgan fingerprint density at radius 1 is 1.14 bits per heavy atom. The van der Waals surface area contributed by atoms with Gasteiger partial charge in [-0.25, -0.2) is 14.6 Å². The third-order valence-corrected chi connectivity index (χ3v) is 3.93. The first-order valence-electron chi connectivity index (χ1n) is 6.63. The molecule has 0 saturated carbocycles. The van der Waals surface area contributed by atoms with Gasteiger partial charge in [0, 0.05) is 5.38 Å². The Morgan fingerprint density at radius 2 is 1.90 bits per heavy atom. The molecule has 2 aromatic heterocycles. The van der Waals surface area contributed by atoms with Gasteiger partial charge in [0.05, 0.1) is 29.9 Å². The van der Waals surface area contributed by atoms with Gasteiger partial charge in [0.25, 0.3) is 0 Å². The van der Waals surface area contributed by atoms with Gasteiger partial charge in [0.15, 0.2) is 0 Å². The first-order chi connectivity index (χ1) is 10.2. The van der Waals surface area contributed by atoms with Crippen molar-refractivity contribution in [3.05, 3.63) is 52.0 Å². The summed E-state index contributed by atoms with van der Waals surface area (Å²) in [6.07, 6.45) is 0.678. The Kier molecular flexibility index (Phi) is 3.70. The van der Waals surface area contributed by atoms with Crippen LogP contribution in [0.4, 0.5) is 0 Å². The summed E-state index contributed by atoms with van der Waals surface area (Å²) in [4.78, 5) is 9.01. The lowest BCUT2D eigenvalue weighted by Gasteiger charge is -2.06. The van der Waals surface area contributed by atoms with Gasteiger partial charge in [-0.2, -0.15) is 5.10 Å². The molecular formula is C15H16N4OS. The van der Waals surface area contributed by atoms with Gasteiger partial charge in [-0.15, -0.1) is 11.3 Å². The van der Waals surface area contributed by atoms with Crippen molar-refractivity contribution in [2.75, 3.05) is 7.11 Å². The SMILES string of the molecule is COc1ccc(-n2nc(C)nc2Cc2csc(C)n2)cc1. The topological polar surface area (TPSA) is 52.8 Å². The predicted molar refractivity (Wildman–Crippen MR) is 82.3 cm³/mol. The molecule has 6 heteroatoms. The van der Waals surface area contributed by atoms with E-state index < -0.39 is 0 Å². The van der Waals surface area contributed by atoms with Crippen molar-refractivity contribution >= 4 is 11.3 Å². The number of nitrogens with zero attached hydrogens (tertiary/aromatic N) is 4. The average molecular weight is 300 g/mol. The molecule has 0 aliphatic heterocycles. The number of thiazole rings is 1. The molecule has 108 valence electrons. The molecule has 0 saturated heterocycles. The third kappa shape index (κ3) is 2.95. The second-order valence-corrected chi connectivity index (χ2v) is 5.78.